The van der Waals surface area contributed by atoms with Crippen LogP contribution in [0.4, 0.5) is 0 Å². The van der Waals surface area contributed by atoms with E-state index in [9.17, 15) is 18.0 Å². The highest BCUT2D eigenvalue weighted by atomic mass is 32.2. The average molecular weight is 518 g/mol. The molecule has 4 aliphatic rings. The molecule has 1 saturated heterocycles. The molecule has 9 heteroatoms. The van der Waals surface area contributed by atoms with Crippen LogP contribution in [0.3, 0.4) is 0 Å². The summed E-state index contributed by atoms with van der Waals surface area (Å²) in [6.45, 7) is 5.31. The van der Waals surface area contributed by atoms with Crippen molar-refractivity contribution in [3.8, 4) is 0 Å². The van der Waals surface area contributed by atoms with E-state index in [1.54, 1.807) is 4.31 Å². The third-order valence-corrected chi connectivity index (χ3v) is 12.5. The van der Waals surface area contributed by atoms with Crippen molar-refractivity contribution in [2.24, 2.45) is 22.5 Å². The summed E-state index contributed by atoms with van der Waals surface area (Å²) < 4.78 is 29.4. The van der Waals surface area contributed by atoms with Gasteiger partial charge in [0.05, 0.1) is 18.2 Å². The Morgan fingerprint density at radius 2 is 1.86 bits per heavy atom. The summed E-state index contributed by atoms with van der Waals surface area (Å²) >= 11 is 0. The number of piperidine rings is 1. The van der Waals surface area contributed by atoms with E-state index in [2.05, 4.69) is 43.4 Å². The molecule has 1 amide bonds. The predicted octanol–water partition coefficient (Wildman–Crippen LogP) is 2.41. The number of nitrogens with two attached hydrogens (primary N) is 1. The van der Waals surface area contributed by atoms with Gasteiger partial charge in [-0.25, -0.2) is 12.7 Å². The van der Waals surface area contributed by atoms with Crippen LogP contribution in [0.1, 0.15) is 69.9 Å². The van der Waals surface area contributed by atoms with Gasteiger partial charge in [-0.3, -0.25) is 9.59 Å². The van der Waals surface area contributed by atoms with Crippen LogP contribution in [0.5, 0.6) is 0 Å². The fourth-order valence-electron chi connectivity index (χ4n) is 8.08. The normalized spacial score (nSPS) is 31.3. The van der Waals surface area contributed by atoms with E-state index < -0.39 is 39.8 Å². The van der Waals surface area contributed by atoms with Crippen molar-refractivity contribution in [3.05, 3.63) is 35.4 Å². The highest BCUT2D eigenvalue weighted by Crippen LogP contribution is 2.66. The number of carboxylic acids is 1. The number of sulfonamides is 1. The first-order valence-electron chi connectivity index (χ1n) is 13.2. The summed E-state index contributed by atoms with van der Waals surface area (Å²) in [4.78, 5) is 23.7. The second-order valence-corrected chi connectivity index (χ2v) is 14.2. The molecule has 36 heavy (non-hydrogen) atoms. The highest BCUT2D eigenvalue weighted by molar-refractivity contribution is 7.89. The van der Waals surface area contributed by atoms with Gasteiger partial charge >= 0.3 is 5.97 Å². The number of amides is 1. The van der Waals surface area contributed by atoms with Crippen molar-refractivity contribution in [2.45, 2.75) is 82.7 Å². The molecule has 0 aromatic heterocycles. The Kier molecular flexibility index (Phi) is 6.28. The van der Waals surface area contributed by atoms with Crippen LogP contribution < -0.4 is 11.1 Å². The van der Waals surface area contributed by atoms with Gasteiger partial charge in [0, 0.05) is 24.5 Å². The van der Waals surface area contributed by atoms with Gasteiger partial charge in [-0.2, -0.15) is 0 Å². The highest BCUT2D eigenvalue weighted by Gasteiger charge is 2.66. The van der Waals surface area contributed by atoms with Gasteiger partial charge in [0.1, 0.15) is 0 Å². The summed E-state index contributed by atoms with van der Waals surface area (Å²) in [6.07, 6.45) is 5.75. The van der Waals surface area contributed by atoms with Crippen LogP contribution in [0.2, 0.25) is 0 Å². The maximum atomic E-state index is 13.9. The number of aliphatic carboxylic acids is 1. The number of nitrogens with one attached hydrogen (secondary N) is 1. The van der Waals surface area contributed by atoms with Crippen LogP contribution in [0.25, 0.3) is 0 Å². The van der Waals surface area contributed by atoms with E-state index in [1.165, 1.54) is 11.1 Å². The molecule has 5 rings (SSSR count). The van der Waals surface area contributed by atoms with E-state index in [0.717, 1.165) is 38.5 Å². The van der Waals surface area contributed by atoms with E-state index in [0.29, 0.717) is 25.4 Å². The number of benzene rings is 1. The number of rotatable bonds is 7. The van der Waals surface area contributed by atoms with Gasteiger partial charge in [0.25, 0.3) is 0 Å². The predicted molar refractivity (Wildman–Crippen MR) is 137 cm³/mol. The molecular weight excluding hydrogens is 478 g/mol. The Balaban J connectivity index is 1.32. The number of carbonyl (C=O) groups is 2. The Morgan fingerprint density at radius 3 is 2.53 bits per heavy atom. The molecule has 3 fully saturated rings. The van der Waals surface area contributed by atoms with Crippen molar-refractivity contribution in [1.82, 2.24) is 9.62 Å². The van der Waals surface area contributed by atoms with Crippen molar-refractivity contribution in [3.63, 3.8) is 0 Å². The molecule has 4 N–H and O–H groups in total. The topological polar surface area (TPSA) is 130 Å². The SMILES string of the molecule is CC1(C)[C@@H]2CC[C@@]1(CS(=O)(=O)N1CCC3(CCc4ccccc43)CC1)[C@@H](NC(=O)[C@@H](N)CC(=O)O)C2. The Hall–Kier alpha value is -1.97. The first kappa shape index (κ1) is 25.7. The smallest absolute Gasteiger partial charge is 0.305 e. The first-order chi connectivity index (χ1) is 16.9. The molecule has 1 spiro atoms. The molecule has 3 aliphatic carbocycles. The average Bonchev–Trinajstić information content (AvgIpc) is 3.35. The summed E-state index contributed by atoms with van der Waals surface area (Å²) in [5, 5.41) is 12.0. The Bertz CT molecular complexity index is 1160. The largest absolute Gasteiger partial charge is 0.481 e. The number of nitrogens with zero attached hydrogens (tertiary/aromatic N) is 1. The van der Waals surface area contributed by atoms with E-state index in [4.69, 9.17) is 10.8 Å². The van der Waals surface area contributed by atoms with Crippen LogP contribution in [0.15, 0.2) is 24.3 Å². The summed E-state index contributed by atoms with van der Waals surface area (Å²) in [7, 11) is -3.56. The molecule has 0 unspecified atom stereocenters. The minimum atomic E-state index is -3.56. The zero-order chi connectivity index (χ0) is 25.9. The van der Waals surface area contributed by atoms with Gasteiger partial charge < -0.3 is 16.2 Å². The zero-order valence-corrected chi connectivity index (χ0v) is 22.1. The Morgan fingerprint density at radius 1 is 1.17 bits per heavy atom. The lowest BCUT2D eigenvalue weighted by atomic mass is 9.69. The van der Waals surface area contributed by atoms with E-state index in [-0.39, 0.29) is 22.6 Å². The summed E-state index contributed by atoms with van der Waals surface area (Å²) in [5.41, 5.74) is 7.86. The van der Waals surface area contributed by atoms with Crippen LogP contribution in [-0.4, -0.2) is 60.6 Å². The van der Waals surface area contributed by atoms with Gasteiger partial charge in [-0.1, -0.05) is 38.1 Å². The minimum absolute atomic E-state index is 0.00615. The monoisotopic (exact) mass is 517 g/mol. The van der Waals surface area contributed by atoms with Crippen LogP contribution in [-0.2, 0) is 31.4 Å². The third-order valence-electron chi connectivity index (χ3n) is 10.5. The molecule has 2 bridgehead atoms. The lowest BCUT2D eigenvalue weighted by Gasteiger charge is -2.45. The number of aryl methyl sites for hydroxylation is 1. The number of hydrogen-bond acceptors (Lipinski definition) is 5. The van der Waals surface area contributed by atoms with Crippen LogP contribution in [0, 0.1) is 16.7 Å². The Labute approximate surface area is 214 Å². The van der Waals surface area contributed by atoms with Gasteiger partial charge in [-0.15, -0.1) is 0 Å². The third kappa shape index (κ3) is 3.98. The molecule has 1 aromatic rings. The maximum Gasteiger partial charge on any atom is 0.305 e. The number of fused-ring (bicyclic) bond motifs is 4. The fraction of sp³-hybridized carbons (Fsp3) is 0.704. The molecular formula is C27H39N3O5S. The zero-order valence-electron chi connectivity index (χ0n) is 21.3. The van der Waals surface area contributed by atoms with Gasteiger partial charge in [-0.05, 0) is 72.8 Å². The number of carboxylic acid groups (broad SMARTS) is 1. The van der Waals surface area contributed by atoms with E-state index >= 15 is 0 Å². The molecule has 1 heterocycles. The van der Waals surface area contributed by atoms with Crippen molar-refractivity contribution >= 4 is 21.9 Å². The minimum Gasteiger partial charge on any atom is -0.481 e. The number of carbonyl (C=O) groups excluding carboxylic acids is 1. The molecule has 2 saturated carbocycles. The van der Waals surface area contributed by atoms with Gasteiger partial charge in [0.2, 0.25) is 15.9 Å². The van der Waals surface area contributed by atoms with E-state index in [1.807, 2.05) is 0 Å². The fourth-order valence-corrected chi connectivity index (χ4v) is 10.4. The molecule has 198 valence electrons. The molecule has 8 nitrogen and oxygen atoms in total. The first-order valence-corrected chi connectivity index (χ1v) is 14.9. The van der Waals surface area contributed by atoms with Gasteiger partial charge in [0.15, 0.2) is 0 Å². The quantitative estimate of drug-likeness (QED) is 0.509. The molecule has 1 aromatic carbocycles. The van der Waals surface area contributed by atoms with Crippen LogP contribution >= 0.6 is 0 Å². The molecule has 4 atom stereocenters. The van der Waals surface area contributed by atoms with Crippen molar-refractivity contribution in [1.29, 1.82) is 0 Å². The van der Waals surface area contributed by atoms with Crippen molar-refractivity contribution < 1.29 is 23.1 Å². The second kappa shape index (κ2) is 8.81. The summed E-state index contributed by atoms with van der Waals surface area (Å²) in [5.74, 6) is -1.32. The lowest BCUT2D eigenvalue weighted by Crippen LogP contribution is -2.57. The maximum absolute atomic E-state index is 13.9. The summed E-state index contributed by atoms with van der Waals surface area (Å²) in [6, 6.07) is 7.11. The number of hydrogen-bond donors (Lipinski definition) is 3. The standard InChI is InChI=1S/C27H39N3O5S/c1-25(2)19-8-10-27(25,22(15-19)29-24(33)21(28)16-23(31)32)17-36(34,35)30-13-11-26(12-14-30)9-7-18-5-3-4-6-20(18)26/h3-6,19,21-22H,7-17,28H2,1-2H3,(H,29,33)(H,31,32)/t19-,21+,22+,27-/m1/s1. The second-order valence-electron chi connectivity index (χ2n) is 12.2. The van der Waals surface area contributed by atoms with Crippen molar-refractivity contribution in [2.75, 3.05) is 18.8 Å². The lowest BCUT2D eigenvalue weighted by molar-refractivity contribution is -0.139. The molecule has 1 aliphatic heterocycles. The molecule has 0 radical (unpaired) electrons.